The summed E-state index contributed by atoms with van der Waals surface area (Å²) in [7, 11) is 0. The molecule has 1 aromatic carbocycles. The molecule has 2 saturated carbocycles. The minimum absolute atomic E-state index is 0.0930. The number of anilines is 1. The summed E-state index contributed by atoms with van der Waals surface area (Å²) in [5, 5.41) is 23.3. The predicted molar refractivity (Wildman–Crippen MR) is 97.7 cm³/mol. The monoisotopic (exact) mass is 393 g/mol. The van der Waals surface area contributed by atoms with Crippen LogP contribution in [0.3, 0.4) is 0 Å². The van der Waals surface area contributed by atoms with Crippen molar-refractivity contribution in [2.24, 2.45) is 0 Å². The second kappa shape index (κ2) is 6.88. The van der Waals surface area contributed by atoms with Crippen molar-refractivity contribution in [3.05, 3.63) is 39.2 Å². The Morgan fingerprint density at radius 2 is 2.12 bits per heavy atom. The van der Waals surface area contributed by atoms with Gasteiger partial charge in [0, 0.05) is 23.0 Å². The Balaban J connectivity index is 1.44. The summed E-state index contributed by atoms with van der Waals surface area (Å²) < 4.78 is 2.16. The number of halogens is 1. The van der Waals surface area contributed by atoms with Crippen molar-refractivity contribution in [2.45, 2.75) is 42.8 Å². The van der Waals surface area contributed by atoms with E-state index in [1.165, 1.54) is 30.0 Å². The van der Waals surface area contributed by atoms with Crippen LogP contribution in [0.5, 0.6) is 0 Å². The molecule has 1 N–H and O–H groups in total. The van der Waals surface area contributed by atoms with E-state index in [9.17, 15) is 14.9 Å². The molecular weight excluding hydrogens is 378 g/mol. The first-order valence-electron chi connectivity index (χ1n) is 8.34. The van der Waals surface area contributed by atoms with Crippen LogP contribution in [-0.2, 0) is 4.79 Å². The van der Waals surface area contributed by atoms with Gasteiger partial charge in [-0.2, -0.15) is 0 Å². The molecule has 0 radical (unpaired) electrons. The Morgan fingerprint density at radius 3 is 2.77 bits per heavy atom. The normalized spacial score (nSPS) is 16.5. The van der Waals surface area contributed by atoms with Gasteiger partial charge in [-0.3, -0.25) is 14.9 Å². The number of benzene rings is 1. The molecule has 0 spiro atoms. The number of hydrogen-bond donors (Lipinski definition) is 1. The largest absolute Gasteiger partial charge is 0.320 e. The summed E-state index contributed by atoms with van der Waals surface area (Å²) in [5.41, 5.74) is -0.0969. The number of rotatable bonds is 7. The third-order valence-electron chi connectivity index (χ3n) is 4.31. The van der Waals surface area contributed by atoms with Gasteiger partial charge in [-0.1, -0.05) is 23.4 Å². The summed E-state index contributed by atoms with van der Waals surface area (Å²) in [4.78, 5) is 22.8. The number of carbonyl (C=O) groups is 1. The van der Waals surface area contributed by atoms with Gasteiger partial charge in [-0.15, -0.1) is 10.2 Å². The molecule has 10 heteroatoms. The smallest absolute Gasteiger partial charge is 0.292 e. The maximum Gasteiger partial charge on any atom is 0.292 e. The molecule has 0 bridgehead atoms. The Hall–Kier alpha value is -2.13. The Bertz CT molecular complexity index is 879. The maximum atomic E-state index is 12.3. The van der Waals surface area contributed by atoms with Crippen LogP contribution in [0.4, 0.5) is 11.4 Å². The maximum absolute atomic E-state index is 12.3. The van der Waals surface area contributed by atoms with Crippen molar-refractivity contribution in [2.75, 3.05) is 11.1 Å². The zero-order valence-electron chi connectivity index (χ0n) is 13.7. The van der Waals surface area contributed by atoms with Crippen molar-refractivity contribution in [1.82, 2.24) is 14.8 Å². The van der Waals surface area contributed by atoms with Gasteiger partial charge in [0.2, 0.25) is 5.91 Å². The number of amides is 1. The van der Waals surface area contributed by atoms with Crippen LogP contribution >= 0.6 is 23.4 Å². The zero-order valence-corrected chi connectivity index (χ0v) is 15.3. The van der Waals surface area contributed by atoms with Gasteiger partial charge in [0.1, 0.15) is 11.5 Å². The van der Waals surface area contributed by atoms with Crippen LogP contribution in [-0.4, -0.2) is 31.3 Å². The van der Waals surface area contributed by atoms with E-state index in [1.54, 1.807) is 0 Å². The number of nitrogens with one attached hydrogen (secondary N) is 1. The van der Waals surface area contributed by atoms with Crippen LogP contribution in [0.2, 0.25) is 5.02 Å². The lowest BCUT2D eigenvalue weighted by Gasteiger charge is -2.09. The number of carbonyl (C=O) groups excluding carboxylic acids is 1. The average Bonchev–Trinajstić information content (AvgIpc) is 3.51. The summed E-state index contributed by atoms with van der Waals surface area (Å²) in [6.07, 6.45) is 4.53. The van der Waals surface area contributed by atoms with Gasteiger partial charge in [0.25, 0.3) is 5.69 Å². The number of nitrogens with zero attached hydrogens (tertiary/aromatic N) is 4. The van der Waals surface area contributed by atoms with Gasteiger partial charge in [0.05, 0.1) is 10.7 Å². The zero-order chi connectivity index (χ0) is 18.3. The molecule has 1 aromatic heterocycles. The van der Waals surface area contributed by atoms with E-state index in [2.05, 4.69) is 20.1 Å². The molecule has 136 valence electrons. The Labute approximate surface area is 158 Å². The molecule has 2 aliphatic rings. The molecule has 2 fully saturated rings. The van der Waals surface area contributed by atoms with Gasteiger partial charge in [0.15, 0.2) is 5.16 Å². The molecule has 26 heavy (non-hydrogen) atoms. The van der Waals surface area contributed by atoms with Crippen molar-refractivity contribution in [3.63, 3.8) is 0 Å². The number of hydrogen-bond acceptors (Lipinski definition) is 6. The minimum atomic E-state index is -0.551. The lowest BCUT2D eigenvalue weighted by atomic mass is 10.2. The quantitative estimate of drug-likeness (QED) is 0.436. The third-order valence-corrected chi connectivity index (χ3v) is 5.49. The Morgan fingerprint density at radius 1 is 1.35 bits per heavy atom. The number of thioether (sulfide) groups is 1. The first kappa shape index (κ1) is 17.3. The van der Waals surface area contributed by atoms with E-state index in [-0.39, 0.29) is 23.0 Å². The predicted octanol–water partition coefficient (Wildman–Crippen LogP) is 3.78. The van der Waals surface area contributed by atoms with E-state index in [0.717, 1.165) is 36.7 Å². The van der Waals surface area contributed by atoms with E-state index in [4.69, 9.17) is 11.6 Å². The fourth-order valence-electron chi connectivity index (χ4n) is 2.77. The highest BCUT2D eigenvalue weighted by Gasteiger charge is 2.36. The number of nitro benzene ring substituents is 1. The molecule has 2 aliphatic carbocycles. The van der Waals surface area contributed by atoms with E-state index < -0.39 is 4.92 Å². The fraction of sp³-hybridized carbons (Fsp3) is 0.438. The average molecular weight is 394 g/mol. The summed E-state index contributed by atoms with van der Waals surface area (Å²) >= 11 is 7.18. The molecule has 2 aromatic rings. The Kier molecular flexibility index (Phi) is 4.58. The molecule has 0 aliphatic heterocycles. The first-order chi connectivity index (χ1) is 12.5. The highest BCUT2D eigenvalue weighted by atomic mass is 35.5. The summed E-state index contributed by atoms with van der Waals surface area (Å²) in [5.74, 6) is 1.28. The lowest BCUT2D eigenvalue weighted by molar-refractivity contribution is -0.383. The molecule has 1 heterocycles. The van der Waals surface area contributed by atoms with E-state index in [1.807, 2.05) is 0 Å². The van der Waals surface area contributed by atoms with Gasteiger partial charge in [-0.25, -0.2) is 0 Å². The van der Waals surface area contributed by atoms with Crippen molar-refractivity contribution in [1.29, 1.82) is 0 Å². The van der Waals surface area contributed by atoms with Crippen molar-refractivity contribution < 1.29 is 9.72 Å². The van der Waals surface area contributed by atoms with Crippen LogP contribution in [0.15, 0.2) is 23.4 Å². The number of nitro groups is 1. The fourth-order valence-corrected chi connectivity index (χ4v) is 3.75. The van der Waals surface area contributed by atoms with Gasteiger partial charge >= 0.3 is 0 Å². The molecule has 0 atom stereocenters. The second-order valence-electron chi connectivity index (χ2n) is 6.47. The standard InChI is InChI=1S/C16H16ClN5O3S/c17-10-3-6-13(22(24)25)12(7-10)18-14(23)8-26-16-20-19-15(9-1-2-9)21(16)11-4-5-11/h3,6-7,9,11H,1-2,4-5,8H2,(H,18,23). The summed E-state index contributed by atoms with van der Waals surface area (Å²) in [6, 6.07) is 4.51. The molecule has 8 nitrogen and oxygen atoms in total. The molecule has 0 unspecified atom stereocenters. The van der Waals surface area contributed by atoms with Crippen molar-refractivity contribution >= 4 is 40.6 Å². The highest BCUT2D eigenvalue weighted by Crippen LogP contribution is 2.46. The third kappa shape index (κ3) is 3.68. The van der Waals surface area contributed by atoms with Crippen LogP contribution in [0, 0.1) is 10.1 Å². The highest BCUT2D eigenvalue weighted by molar-refractivity contribution is 7.99. The van der Waals surface area contributed by atoms with E-state index in [0.29, 0.717) is 17.0 Å². The topological polar surface area (TPSA) is 103 Å². The lowest BCUT2D eigenvalue weighted by Crippen LogP contribution is -2.15. The molecule has 1 amide bonds. The van der Waals surface area contributed by atoms with Crippen LogP contribution in [0.25, 0.3) is 0 Å². The SMILES string of the molecule is O=C(CSc1nnc(C2CC2)n1C1CC1)Nc1cc(Cl)ccc1[N+](=O)[O-]. The van der Waals surface area contributed by atoms with Gasteiger partial charge < -0.3 is 9.88 Å². The number of aromatic nitrogens is 3. The second-order valence-corrected chi connectivity index (χ2v) is 7.85. The molecule has 0 saturated heterocycles. The van der Waals surface area contributed by atoms with E-state index >= 15 is 0 Å². The molecule has 4 rings (SSSR count). The summed E-state index contributed by atoms with van der Waals surface area (Å²) in [6.45, 7) is 0. The van der Waals surface area contributed by atoms with Crippen LogP contribution < -0.4 is 5.32 Å². The molecular formula is C16H16ClN5O3S. The van der Waals surface area contributed by atoms with Gasteiger partial charge in [-0.05, 0) is 37.8 Å². The van der Waals surface area contributed by atoms with Crippen molar-refractivity contribution in [3.8, 4) is 0 Å². The minimum Gasteiger partial charge on any atom is -0.320 e. The first-order valence-corrected chi connectivity index (χ1v) is 9.70. The van der Waals surface area contributed by atoms with Crippen LogP contribution in [0.1, 0.15) is 43.5 Å².